The summed E-state index contributed by atoms with van der Waals surface area (Å²) in [7, 11) is 0. The molecule has 3 nitrogen and oxygen atoms in total. The van der Waals surface area contributed by atoms with Crippen LogP contribution in [0, 0.1) is 0 Å². The normalized spacial score (nSPS) is 19.4. The van der Waals surface area contributed by atoms with E-state index in [-0.39, 0.29) is 12.1 Å². The standard InChI is InChI=1S/C20H20N2OS/c23-14-20(11-10-15-6-4-5-9-18(15)20)22-13-17-12-21-19(24-17)16-7-2-1-3-8-16/h1-9,12,22-23H,10-11,13-14H2. The molecule has 1 aliphatic carbocycles. The number of nitrogens with zero attached hydrogens (tertiary/aromatic N) is 1. The van der Waals surface area contributed by atoms with Gasteiger partial charge < -0.3 is 10.4 Å². The van der Waals surface area contributed by atoms with Gasteiger partial charge in [0.1, 0.15) is 5.01 Å². The Morgan fingerprint density at radius 2 is 1.88 bits per heavy atom. The number of thiazole rings is 1. The lowest BCUT2D eigenvalue weighted by Crippen LogP contribution is -2.43. The van der Waals surface area contributed by atoms with Gasteiger partial charge in [-0.25, -0.2) is 4.98 Å². The van der Waals surface area contributed by atoms with Crippen molar-refractivity contribution in [1.29, 1.82) is 0 Å². The Balaban J connectivity index is 1.52. The number of benzene rings is 2. The van der Waals surface area contributed by atoms with Gasteiger partial charge in [0.05, 0.1) is 12.1 Å². The minimum Gasteiger partial charge on any atom is -0.394 e. The van der Waals surface area contributed by atoms with Crippen molar-refractivity contribution in [3.05, 3.63) is 76.8 Å². The lowest BCUT2D eigenvalue weighted by Gasteiger charge is -2.29. The summed E-state index contributed by atoms with van der Waals surface area (Å²) in [6.45, 7) is 0.841. The lowest BCUT2D eigenvalue weighted by molar-refractivity contribution is 0.159. The van der Waals surface area contributed by atoms with E-state index in [4.69, 9.17) is 0 Å². The second-order valence-electron chi connectivity index (χ2n) is 6.25. The molecule has 0 bridgehead atoms. The van der Waals surface area contributed by atoms with Crippen molar-refractivity contribution in [2.45, 2.75) is 24.9 Å². The van der Waals surface area contributed by atoms with Crippen LogP contribution in [0.5, 0.6) is 0 Å². The zero-order valence-electron chi connectivity index (χ0n) is 13.4. The van der Waals surface area contributed by atoms with E-state index in [9.17, 15) is 5.11 Å². The van der Waals surface area contributed by atoms with Gasteiger partial charge >= 0.3 is 0 Å². The molecular formula is C20H20N2OS. The van der Waals surface area contributed by atoms with Crippen LogP contribution >= 0.6 is 11.3 Å². The monoisotopic (exact) mass is 336 g/mol. The maximum absolute atomic E-state index is 10.0. The van der Waals surface area contributed by atoms with Crippen LogP contribution < -0.4 is 5.32 Å². The van der Waals surface area contributed by atoms with Crippen LogP contribution in [0.2, 0.25) is 0 Å². The molecule has 122 valence electrons. The van der Waals surface area contributed by atoms with Crippen molar-refractivity contribution in [3.8, 4) is 10.6 Å². The molecule has 2 aromatic carbocycles. The van der Waals surface area contributed by atoms with Gasteiger partial charge in [0.15, 0.2) is 0 Å². The molecule has 0 fully saturated rings. The van der Waals surface area contributed by atoms with Gasteiger partial charge in [-0.15, -0.1) is 11.3 Å². The van der Waals surface area contributed by atoms with Crippen LogP contribution in [0.4, 0.5) is 0 Å². The van der Waals surface area contributed by atoms with E-state index in [1.807, 2.05) is 24.4 Å². The van der Waals surface area contributed by atoms with Crippen molar-refractivity contribution in [1.82, 2.24) is 10.3 Å². The number of fused-ring (bicyclic) bond motifs is 1. The van der Waals surface area contributed by atoms with E-state index in [1.165, 1.54) is 16.0 Å². The van der Waals surface area contributed by atoms with Crippen LogP contribution in [0.3, 0.4) is 0 Å². The number of hydrogen-bond acceptors (Lipinski definition) is 4. The van der Waals surface area contributed by atoms with E-state index < -0.39 is 0 Å². The minimum atomic E-state index is -0.326. The van der Waals surface area contributed by atoms with Gasteiger partial charge in [0.2, 0.25) is 0 Å². The highest BCUT2D eigenvalue weighted by molar-refractivity contribution is 7.15. The smallest absolute Gasteiger partial charge is 0.123 e. The molecule has 1 aliphatic rings. The predicted octanol–water partition coefficient (Wildman–Crippen LogP) is 3.73. The molecule has 0 amide bonds. The van der Waals surface area contributed by atoms with Gasteiger partial charge in [-0.05, 0) is 24.0 Å². The first-order valence-corrected chi connectivity index (χ1v) is 9.07. The molecule has 3 aromatic rings. The molecule has 0 spiro atoms. The molecule has 24 heavy (non-hydrogen) atoms. The first-order valence-electron chi connectivity index (χ1n) is 8.25. The fourth-order valence-electron chi connectivity index (χ4n) is 3.45. The summed E-state index contributed by atoms with van der Waals surface area (Å²) in [5.74, 6) is 0. The first kappa shape index (κ1) is 15.5. The van der Waals surface area contributed by atoms with E-state index >= 15 is 0 Å². The summed E-state index contributed by atoms with van der Waals surface area (Å²) in [5, 5.41) is 14.7. The fraction of sp³-hybridized carbons (Fsp3) is 0.250. The molecular weight excluding hydrogens is 316 g/mol. The van der Waals surface area contributed by atoms with E-state index in [0.29, 0.717) is 0 Å². The number of nitrogens with one attached hydrogen (secondary N) is 1. The highest BCUT2D eigenvalue weighted by Crippen LogP contribution is 2.37. The summed E-state index contributed by atoms with van der Waals surface area (Å²) in [6.07, 6.45) is 3.89. The molecule has 0 saturated heterocycles. The predicted molar refractivity (Wildman–Crippen MR) is 97.9 cm³/mol. The molecule has 0 radical (unpaired) electrons. The number of aliphatic hydroxyl groups is 1. The van der Waals surface area contributed by atoms with Crippen molar-refractivity contribution in [2.75, 3.05) is 6.61 Å². The Labute approximate surface area is 146 Å². The Kier molecular flexibility index (Phi) is 4.19. The molecule has 1 aromatic heterocycles. The molecule has 4 heteroatoms. The quantitative estimate of drug-likeness (QED) is 0.746. The Hall–Kier alpha value is -2.01. The van der Waals surface area contributed by atoms with Crippen molar-refractivity contribution in [2.24, 2.45) is 0 Å². The van der Waals surface area contributed by atoms with Crippen molar-refractivity contribution in [3.63, 3.8) is 0 Å². The topological polar surface area (TPSA) is 45.1 Å². The van der Waals surface area contributed by atoms with Crippen LogP contribution in [-0.2, 0) is 18.5 Å². The number of aromatic nitrogens is 1. The Bertz CT molecular complexity index is 830. The second kappa shape index (κ2) is 6.48. The third-order valence-corrected chi connectivity index (χ3v) is 5.85. The largest absolute Gasteiger partial charge is 0.394 e. The van der Waals surface area contributed by atoms with Crippen molar-refractivity contribution < 1.29 is 5.11 Å². The SMILES string of the molecule is OCC1(NCc2cnc(-c3ccccc3)s2)CCc2ccccc21. The summed E-state index contributed by atoms with van der Waals surface area (Å²) in [5.41, 5.74) is 3.40. The molecule has 4 rings (SSSR count). The number of rotatable bonds is 5. The Morgan fingerprint density at radius 3 is 2.71 bits per heavy atom. The molecule has 1 atom stereocenters. The summed E-state index contributed by atoms with van der Waals surface area (Å²) in [6, 6.07) is 18.7. The van der Waals surface area contributed by atoms with Gasteiger partial charge in [0, 0.05) is 23.2 Å². The van der Waals surface area contributed by atoms with E-state index in [2.05, 4.69) is 46.7 Å². The molecule has 0 aliphatic heterocycles. The second-order valence-corrected chi connectivity index (χ2v) is 7.36. The zero-order chi connectivity index (χ0) is 16.4. The maximum Gasteiger partial charge on any atom is 0.123 e. The highest BCUT2D eigenvalue weighted by atomic mass is 32.1. The number of aryl methyl sites for hydroxylation is 1. The number of hydrogen-bond donors (Lipinski definition) is 2. The molecule has 1 unspecified atom stereocenters. The minimum absolute atomic E-state index is 0.119. The van der Waals surface area contributed by atoms with Gasteiger partial charge in [-0.2, -0.15) is 0 Å². The highest BCUT2D eigenvalue weighted by Gasteiger charge is 2.37. The van der Waals surface area contributed by atoms with E-state index in [1.54, 1.807) is 11.3 Å². The van der Waals surface area contributed by atoms with Crippen LogP contribution in [0.1, 0.15) is 22.4 Å². The molecule has 0 saturated carbocycles. The van der Waals surface area contributed by atoms with Gasteiger partial charge in [0.25, 0.3) is 0 Å². The fourth-order valence-corrected chi connectivity index (χ4v) is 4.31. The molecule has 1 heterocycles. The Morgan fingerprint density at radius 1 is 1.08 bits per heavy atom. The van der Waals surface area contributed by atoms with Crippen LogP contribution in [0.15, 0.2) is 60.8 Å². The molecule has 2 N–H and O–H groups in total. The van der Waals surface area contributed by atoms with Crippen LogP contribution in [-0.4, -0.2) is 16.7 Å². The summed E-state index contributed by atoms with van der Waals surface area (Å²) in [4.78, 5) is 5.73. The van der Waals surface area contributed by atoms with E-state index in [0.717, 1.165) is 30.0 Å². The first-order chi connectivity index (χ1) is 11.8. The third-order valence-electron chi connectivity index (χ3n) is 4.80. The third kappa shape index (κ3) is 2.77. The van der Waals surface area contributed by atoms with Gasteiger partial charge in [-0.3, -0.25) is 0 Å². The summed E-state index contributed by atoms with van der Waals surface area (Å²) >= 11 is 1.70. The zero-order valence-corrected chi connectivity index (χ0v) is 14.2. The van der Waals surface area contributed by atoms with Crippen molar-refractivity contribution >= 4 is 11.3 Å². The van der Waals surface area contributed by atoms with Crippen LogP contribution in [0.25, 0.3) is 10.6 Å². The maximum atomic E-state index is 10.0. The summed E-state index contributed by atoms with van der Waals surface area (Å²) < 4.78 is 0. The van der Waals surface area contributed by atoms with Gasteiger partial charge in [-0.1, -0.05) is 54.6 Å². The average Bonchev–Trinajstić information content (AvgIpc) is 3.26. The lowest BCUT2D eigenvalue weighted by atomic mass is 9.92. The number of aliphatic hydroxyl groups excluding tert-OH is 1. The average molecular weight is 336 g/mol.